The largest absolute Gasteiger partial charge is 0.323 e. The maximum Gasteiger partial charge on any atom is 0.162 e. The van der Waals surface area contributed by atoms with E-state index >= 15 is 0 Å². The number of hydrogen-bond acceptors (Lipinski definition) is 2. The van der Waals surface area contributed by atoms with E-state index in [1.807, 2.05) is 18.2 Å². The summed E-state index contributed by atoms with van der Waals surface area (Å²) < 4.78 is 2.23. The fraction of sp³-hybridized carbons (Fsp3) is 0.176. The van der Waals surface area contributed by atoms with Gasteiger partial charge in [-0.15, -0.1) is 0 Å². The number of hydrogen-bond donors (Lipinski definition) is 1. The average molecular weight is 276 g/mol. The van der Waals surface area contributed by atoms with Crippen molar-refractivity contribution < 1.29 is 0 Å². The van der Waals surface area contributed by atoms with Crippen molar-refractivity contribution in [3.63, 3.8) is 0 Å². The van der Waals surface area contributed by atoms with Crippen molar-refractivity contribution >= 4 is 21.9 Å². The first kappa shape index (κ1) is 12.1. The zero-order valence-corrected chi connectivity index (χ0v) is 12.1. The van der Waals surface area contributed by atoms with Gasteiger partial charge in [0.15, 0.2) is 5.82 Å². The van der Waals surface area contributed by atoms with Gasteiger partial charge in [0, 0.05) is 11.9 Å². The molecule has 4 nitrogen and oxygen atoms in total. The van der Waals surface area contributed by atoms with E-state index in [4.69, 9.17) is 4.98 Å². The molecule has 104 valence electrons. The fourth-order valence-corrected chi connectivity index (χ4v) is 2.87. The summed E-state index contributed by atoms with van der Waals surface area (Å²) in [6.45, 7) is 5.12. The third-order valence-corrected chi connectivity index (χ3v) is 3.90. The van der Waals surface area contributed by atoms with Crippen LogP contribution in [0.2, 0.25) is 0 Å². The first-order valence-corrected chi connectivity index (χ1v) is 7.18. The molecule has 4 rings (SSSR count). The lowest BCUT2D eigenvalue weighted by atomic mass is 10.2. The molecule has 0 bridgehead atoms. The van der Waals surface area contributed by atoms with Gasteiger partial charge in [0.05, 0.1) is 16.6 Å². The van der Waals surface area contributed by atoms with Crippen LogP contribution in [-0.2, 0) is 6.54 Å². The monoisotopic (exact) mass is 276 g/mol. The van der Waals surface area contributed by atoms with Crippen LogP contribution in [0.1, 0.15) is 12.5 Å². The molecule has 2 aromatic carbocycles. The fourth-order valence-electron chi connectivity index (χ4n) is 2.87. The molecule has 0 saturated heterocycles. The molecule has 0 unspecified atom stereocenters. The van der Waals surface area contributed by atoms with Crippen LogP contribution >= 0.6 is 0 Å². The van der Waals surface area contributed by atoms with Gasteiger partial charge in [0.25, 0.3) is 0 Å². The van der Waals surface area contributed by atoms with Gasteiger partial charge in [0.2, 0.25) is 0 Å². The van der Waals surface area contributed by atoms with Crippen molar-refractivity contribution in [3.05, 3.63) is 48.0 Å². The standard InChI is InChI=1S/C17H16N4/c1-3-21-15-10-11(2)8-9-14(15)18-17(21)16-12-6-4-5-7-13(12)19-20-16/h4-10H,3H2,1-2H3,(H,19,20). The first-order valence-electron chi connectivity index (χ1n) is 7.18. The molecule has 2 heterocycles. The van der Waals surface area contributed by atoms with Gasteiger partial charge in [0.1, 0.15) is 5.69 Å². The normalized spacial score (nSPS) is 11.5. The van der Waals surface area contributed by atoms with Crippen LogP contribution in [0, 0.1) is 6.92 Å². The van der Waals surface area contributed by atoms with E-state index < -0.39 is 0 Å². The molecule has 0 aliphatic heterocycles. The number of aromatic nitrogens is 4. The highest BCUT2D eigenvalue weighted by atomic mass is 15.2. The highest BCUT2D eigenvalue weighted by Gasteiger charge is 2.16. The third kappa shape index (κ3) is 1.76. The predicted octanol–water partition coefficient (Wildman–Crippen LogP) is 3.91. The van der Waals surface area contributed by atoms with E-state index in [1.165, 1.54) is 11.1 Å². The topological polar surface area (TPSA) is 46.5 Å². The summed E-state index contributed by atoms with van der Waals surface area (Å²) in [6, 6.07) is 14.5. The van der Waals surface area contributed by atoms with Gasteiger partial charge in [-0.2, -0.15) is 5.10 Å². The lowest BCUT2D eigenvalue weighted by Crippen LogP contribution is -1.98. The van der Waals surface area contributed by atoms with Crippen molar-refractivity contribution in [2.75, 3.05) is 0 Å². The van der Waals surface area contributed by atoms with Gasteiger partial charge in [-0.1, -0.05) is 24.3 Å². The SMILES string of the molecule is CCn1c(-c2n[nH]c3ccccc23)nc2ccc(C)cc21. The maximum atomic E-state index is 4.80. The Morgan fingerprint density at radius 1 is 1.14 bits per heavy atom. The molecule has 1 N–H and O–H groups in total. The second kappa shape index (κ2) is 4.45. The van der Waals surface area contributed by atoms with E-state index in [0.717, 1.165) is 34.5 Å². The molecule has 0 aliphatic rings. The summed E-state index contributed by atoms with van der Waals surface area (Å²) in [5.74, 6) is 0.926. The summed E-state index contributed by atoms with van der Waals surface area (Å²) in [4.78, 5) is 4.80. The van der Waals surface area contributed by atoms with E-state index in [2.05, 4.69) is 52.9 Å². The number of benzene rings is 2. The number of aryl methyl sites for hydroxylation is 2. The smallest absolute Gasteiger partial charge is 0.162 e. The second-order valence-corrected chi connectivity index (χ2v) is 5.29. The van der Waals surface area contributed by atoms with Crippen molar-refractivity contribution in [1.29, 1.82) is 0 Å². The number of rotatable bonds is 2. The van der Waals surface area contributed by atoms with Gasteiger partial charge in [-0.05, 0) is 37.6 Å². The zero-order valence-electron chi connectivity index (χ0n) is 12.1. The van der Waals surface area contributed by atoms with Gasteiger partial charge < -0.3 is 4.57 Å². The minimum absolute atomic E-state index is 0.872. The molecular weight excluding hydrogens is 260 g/mol. The summed E-state index contributed by atoms with van der Waals surface area (Å²) in [5.41, 5.74) is 5.39. The molecule has 0 spiro atoms. The van der Waals surface area contributed by atoms with Crippen molar-refractivity contribution in [3.8, 4) is 11.5 Å². The van der Waals surface area contributed by atoms with E-state index in [0.29, 0.717) is 0 Å². The Balaban J connectivity index is 2.06. The first-order chi connectivity index (χ1) is 10.3. The summed E-state index contributed by atoms with van der Waals surface area (Å²) in [7, 11) is 0. The third-order valence-electron chi connectivity index (χ3n) is 3.90. The Morgan fingerprint density at radius 3 is 2.86 bits per heavy atom. The Kier molecular flexibility index (Phi) is 2.57. The molecule has 0 saturated carbocycles. The minimum Gasteiger partial charge on any atom is -0.323 e. The highest BCUT2D eigenvalue weighted by Crippen LogP contribution is 2.29. The summed E-state index contributed by atoms with van der Waals surface area (Å²) >= 11 is 0. The van der Waals surface area contributed by atoms with Gasteiger partial charge in [-0.25, -0.2) is 4.98 Å². The molecule has 0 radical (unpaired) electrons. The van der Waals surface area contributed by atoms with Crippen LogP contribution in [0.25, 0.3) is 33.5 Å². The Bertz CT molecular complexity index is 946. The van der Waals surface area contributed by atoms with Crippen LogP contribution in [0.15, 0.2) is 42.5 Å². The van der Waals surface area contributed by atoms with E-state index in [9.17, 15) is 0 Å². The number of nitrogens with zero attached hydrogens (tertiary/aromatic N) is 3. The summed E-state index contributed by atoms with van der Waals surface area (Å²) in [6.07, 6.45) is 0. The number of imidazole rings is 1. The Hall–Kier alpha value is -2.62. The zero-order chi connectivity index (χ0) is 14.4. The Labute approximate surface area is 122 Å². The molecular formula is C17H16N4. The number of nitrogens with one attached hydrogen (secondary N) is 1. The molecule has 21 heavy (non-hydrogen) atoms. The van der Waals surface area contributed by atoms with Gasteiger partial charge in [-0.3, -0.25) is 5.10 Å². The van der Waals surface area contributed by atoms with Crippen molar-refractivity contribution in [1.82, 2.24) is 19.7 Å². The van der Waals surface area contributed by atoms with Crippen molar-refractivity contribution in [2.24, 2.45) is 0 Å². The molecule has 0 fully saturated rings. The second-order valence-electron chi connectivity index (χ2n) is 5.29. The van der Waals surface area contributed by atoms with Crippen molar-refractivity contribution in [2.45, 2.75) is 20.4 Å². The number of H-pyrrole nitrogens is 1. The van der Waals surface area contributed by atoms with Crippen LogP contribution in [0.4, 0.5) is 0 Å². The Morgan fingerprint density at radius 2 is 2.00 bits per heavy atom. The molecule has 0 aliphatic carbocycles. The highest BCUT2D eigenvalue weighted by molar-refractivity contribution is 5.93. The minimum atomic E-state index is 0.872. The van der Waals surface area contributed by atoms with Crippen LogP contribution in [0.3, 0.4) is 0 Å². The number of fused-ring (bicyclic) bond motifs is 2. The molecule has 0 atom stereocenters. The van der Waals surface area contributed by atoms with Crippen LogP contribution < -0.4 is 0 Å². The van der Waals surface area contributed by atoms with Gasteiger partial charge >= 0.3 is 0 Å². The maximum absolute atomic E-state index is 4.80. The molecule has 4 aromatic rings. The average Bonchev–Trinajstić information content (AvgIpc) is 3.07. The number of aromatic amines is 1. The van der Waals surface area contributed by atoms with E-state index in [1.54, 1.807) is 0 Å². The van der Waals surface area contributed by atoms with Crippen LogP contribution in [-0.4, -0.2) is 19.7 Å². The lowest BCUT2D eigenvalue weighted by molar-refractivity contribution is 0.792. The predicted molar refractivity (Wildman–Crippen MR) is 85.2 cm³/mol. The number of para-hydroxylation sites is 1. The van der Waals surface area contributed by atoms with E-state index in [-0.39, 0.29) is 0 Å². The summed E-state index contributed by atoms with van der Waals surface area (Å²) in [5, 5.41) is 8.68. The molecule has 0 amide bonds. The lowest BCUT2D eigenvalue weighted by Gasteiger charge is -2.04. The van der Waals surface area contributed by atoms with Crippen LogP contribution in [0.5, 0.6) is 0 Å². The molecule has 2 aromatic heterocycles. The quantitative estimate of drug-likeness (QED) is 0.603. The molecule has 4 heteroatoms.